The lowest BCUT2D eigenvalue weighted by molar-refractivity contribution is 0.102. The molecule has 0 spiro atoms. The van der Waals surface area contributed by atoms with E-state index in [1.807, 2.05) is 0 Å². The van der Waals surface area contributed by atoms with Gasteiger partial charge >= 0.3 is 6.01 Å². The monoisotopic (exact) mass is 402 g/mol. The quantitative estimate of drug-likeness (QED) is 0.686. The van der Waals surface area contributed by atoms with Crippen LogP contribution in [0.2, 0.25) is 0 Å². The molecule has 1 saturated heterocycles. The third kappa shape index (κ3) is 3.53. The summed E-state index contributed by atoms with van der Waals surface area (Å²) in [5.74, 6) is -0.302. The molecular formula is C17H18N6O4S. The van der Waals surface area contributed by atoms with E-state index in [4.69, 9.17) is 4.42 Å². The van der Waals surface area contributed by atoms with Crippen molar-refractivity contribution in [1.82, 2.24) is 24.3 Å². The van der Waals surface area contributed by atoms with Gasteiger partial charge in [-0.05, 0) is 43.2 Å². The molecule has 10 nitrogen and oxygen atoms in total. The van der Waals surface area contributed by atoms with Crippen LogP contribution in [0.4, 0.5) is 6.01 Å². The fourth-order valence-corrected chi connectivity index (χ4v) is 4.45. The molecule has 2 aromatic heterocycles. The SMILES string of the molecule is Cn1ccc(-c2nnc(NC(=O)c3ccc(S(=O)(=O)N4CCCC4)cc3)o2)n1. The van der Waals surface area contributed by atoms with E-state index in [-0.39, 0.29) is 22.4 Å². The Kier molecular flexibility index (Phi) is 4.69. The van der Waals surface area contributed by atoms with Crippen LogP contribution in [0.1, 0.15) is 23.2 Å². The summed E-state index contributed by atoms with van der Waals surface area (Å²) in [4.78, 5) is 12.5. The minimum Gasteiger partial charge on any atom is -0.401 e. The van der Waals surface area contributed by atoms with Gasteiger partial charge in [-0.1, -0.05) is 5.10 Å². The van der Waals surface area contributed by atoms with Crippen LogP contribution >= 0.6 is 0 Å². The smallest absolute Gasteiger partial charge is 0.322 e. The number of aryl methyl sites for hydroxylation is 1. The van der Waals surface area contributed by atoms with Crippen LogP contribution in [0.15, 0.2) is 45.8 Å². The molecule has 0 bridgehead atoms. The zero-order valence-electron chi connectivity index (χ0n) is 15.1. The van der Waals surface area contributed by atoms with Crippen molar-refractivity contribution in [2.75, 3.05) is 18.4 Å². The van der Waals surface area contributed by atoms with Crippen molar-refractivity contribution in [3.8, 4) is 11.6 Å². The lowest BCUT2D eigenvalue weighted by atomic mass is 10.2. The Hall–Kier alpha value is -3.05. The van der Waals surface area contributed by atoms with Gasteiger partial charge in [0.15, 0.2) is 0 Å². The summed E-state index contributed by atoms with van der Waals surface area (Å²) in [5.41, 5.74) is 0.768. The second-order valence-corrected chi connectivity index (χ2v) is 8.31. The first kappa shape index (κ1) is 18.3. The highest BCUT2D eigenvalue weighted by molar-refractivity contribution is 7.89. The molecule has 0 saturated carbocycles. The third-order valence-electron chi connectivity index (χ3n) is 4.40. The molecule has 1 aliphatic heterocycles. The fourth-order valence-electron chi connectivity index (χ4n) is 2.93. The zero-order valence-corrected chi connectivity index (χ0v) is 15.9. The number of carbonyl (C=O) groups is 1. The average Bonchev–Trinajstić information content (AvgIpc) is 3.43. The maximum Gasteiger partial charge on any atom is 0.322 e. The van der Waals surface area contributed by atoms with E-state index in [9.17, 15) is 13.2 Å². The molecule has 0 aliphatic carbocycles. The van der Waals surface area contributed by atoms with Crippen LogP contribution < -0.4 is 5.32 Å². The number of rotatable bonds is 5. The third-order valence-corrected chi connectivity index (χ3v) is 6.31. The topological polar surface area (TPSA) is 123 Å². The second-order valence-electron chi connectivity index (χ2n) is 6.38. The van der Waals surface area contributed by atoms with Crippen molar-refractivity contribution in [2.45, 2.75) is 17.7 Å². The normalized spacial score (nSPS) is 15.0. The number of amides is 1. The highest BCUT2D eigenvalue weighted by Gasteiger charge is 2.27. The van der Waals surface area contributed by atoms with Gasteiger partial charge in [-0.2, -0.15) is 9.40 Å². The van der Waals surface area contributed by atoms with E-state index in [1.54, 1.807) is 24.0 Å². The molecule has 1 fully saturated rings. The van der Waals surface area contributed by atoms with Crippen molar-refractivity contribution in [3.63, 3.8) is 0 Å². The number of sulfonamides is 1. The number of nitrogens with zero attached hydrogens (tertiary/aromatic N) is 5. The maximum atomic E-state index is 12.5. The van der Waals surface area contributed by atoms with Crippen LogP contribution in [-0.4, -0.2) is 51.7 Å². The van der Waals surface area contributed by atoms with Crippen molar-refractivity contribution >= 4 is 21.9 Å². The van der Waals surface area contributed by atoms with Crippen molar-refractivity contribution in [2.24, 2.45) is 7.05 Å². The van der Waals surface area contributed by atoms with Gasteiger partial charge in [0.2, 0.25) is 10.0 Å². The van der Waals surface area contributed by atoms with E-state index in [0.717, 1.165) is 12.8 Å². The number of nitrogens with one attached hydrogen (secondary N) is 1. The Morgan fingerprint density at radius 2 is 1.82 bits per heavy atom. The maximum absolute atomic E-state index is 12.5. The number of carbonyl (C=O) groups excluding carboxylic acids is 1. The summed E-state index contributed by atoms with van der Waals surface area (Å²) in [5, 5.41) is 14.3. The van der Waals surface area contributed by atoms with Crippen molar-refractivity contribution in [1.29, 1.82) is 0 Å². The summed E-state index contributed by atoms with van der Waals surface area (Å²) in [6, 6.07) is 7.39. The van der Waals surface area contributed by atoms with Gasteiger partial charge in [0.1, 0.15) is 5.69 Å². The van der Waals surface area contributed by atoms with Crippen molar-refractivity contribution < 1.29 is 17.6 Å². The summed E-state index contributed by atoms with van der Waals surface area (Å²) in [6.45, 7) is 1.06. The van der Waals surface area contributed by atoms with E-state index in [1.165, 1.54) is 28.6 Å². The molecule has 1 amide bonds. The number of benzene rings is 1. The van der Waals surface area contributed by atoms with Crippen molar-refractivity contribution in [3.05, 3.63) is 42.1 Å². The van der Waals surface area contributed by atoms with Crippen LogP contribution in [-0.2, 0) is 17.1 Å². The molecule has 0 unspecified atom stereocenters. The molecule has 1 aromatic carbocycles. The predicted octanol–water partition coefficient (Wildman–Crippen LogP) is 1.51. The van der Waals surface area contributed by atoms with Gasteiger partial charge in [-0.3, -0.25) is 14.8 Å². The van der Waals surface area contributed by atoms with Crippen LogP contribution in [0.3, 0.4) is 0 Å². The van der Waals surface area contributed by atoms with Gasteiger partial charge < -0.3 is 4.42 Å². The molecule has 28 heavy (non-hydrogen) atoms. The molecule has 1 aliphatic rings. The number of anilines is 1. The van der Waals surface area contributed by atoms with E-state index >= 15 is 0 Å². The number of aromatic nitrogens is 4. The van der Waals surface area contributed by atoms with E-state index in [2.05, 4.69) is 20.6 Å². The largest absolute Gasteiger partial charge is 0.401 e. The minimum absolute atomic E-state index is 0.0700. The minimum atomic E-state index is -3.51. The van der Waals surface area contributed by atoms with Crippen LogP contribution in [0.25, 0.3) is 11.6 Å². The molecule has 0 radical (unpaired) electrons. The Morgan fingerprint density at radius 3 is 2.46 bits per heavy atom. The van der Waals surface area contributed by atoms with E-state index in [0.29, 0.717) is 18.8 Å². The molecule has 1 N–H and O–H groups in total. The average molecular weight is 402 g/mol. The van der Waals surface area contributed by atoms with Gasteiger partial charge in [-0.25, -0.2) is 8.42 Å². The molecule has 4 rings (SSSR count). The van der Waals surface area contributed by atoms with Gasteiger partial charge in [0, 0.05) is 31.9 Å². The fraction of sp³-hybridized carbons (Fsp3) is 0.294. The predicted molar refractivity (Wildman–Crippen MR) is 98.9 cm³/mol. The lowest BCUT2D eigenvalue weighted by Crippen LogP contribution is -2.27. The zero-order chi connectivity index (χ0) is 19.7. The summed E-state index contributed by atoms with van der Waals surface area (Å²) in [6.07, 6.45) is 3.46. The summed E-state index contributed by atoms with van der Waals surface area (Å²) >= 11 is 0. The van der Waals surface area contributed by atoms with E-state index < -0.39 is 15.9 Å². The lowest BCUT2D eigenvalue weighted by Gasteiger charge is -2.15. The summed E-state index contributed by atoms with van der Waals surface area (Å²) < 4.78 is 33.5. The highest BCUT2D eigenvalue weighted by Crippen LogP contribution is 2.22. The molecule has 11 heteroatoms. The molecule has 146 valence electrons. The number of hydrogen-bond acceptors (Lipinski definition) is 7. The van der Waals surface area contributed by atoms with Gasteiger partial charge in [0.25, 0.3) is 11.8 Å². The first-order chi connectivity index (χ1) is 13.4. The van der Waals surface area contributed by atoms with Gasteiger partial charge in [-0.15, -0.1) is 5.10 Å². The Bertz CT molecular complexity index is 1100. The first-order valence-electron chi connectivity index (χ1n) is 8.68. The van der Waals surface area contributed by atoms with Gasteiger partial charge in [0.05, 0.1) is 4.90 Å². The Labute approximate surface area is 161 Å². The highest BCUT2D eigenvalue weighted by atomic mass is 32.2. The van der Waals surface area contributed by atoms with Crippen LogP contribution in [0.5, 0.6) is 0 Å². The second kappa shape index (κ2) is 7.17. The Morgan fingerprint density at radius 1 is 1.11 bits per heavy atom. The first-order valence-corrected chi connectivity index (χ1v) is 10.1. The molecule has 3 aromatic rings. The van der Waals surface area contributed by atoms with Crippen LogP contribution in [0, 0.1) is 0 Å². The number of hydrogen-bond donors (Lipinski definition) is 1. The molecule has 3 heterocycles. The standard InChI is InChI=1S/C17H18N6O4S/c1-22-11-8-14(21-22)16-19-20-17(27-16)18-15(24)12-4-6-13(7-5-12)28(25,26)23-9-2-3-10-23/h4-8,11H,2-3,9-10H2,1H3,(H,18,20,24). The molecule has 0 atom stereocenters. The summed E-state index contributed by atoms with van der Waals surface area (Å²) in [7, 11) is -1.75. The Balaban J connectivity index is 1.46. The molecular weight excluding hydrogens is 384 g/mol.